The number of aromatic hydroxyl groups is 1. The Morgan fingerprint density at radius 3 is 2.63 bits per heavy atom. The average molecular weight is 366 g/mol. The fourth-order valence-corrected chi connectivity index (χ4v) is 3.45. The van der Waals surface area contributed by atoms with E-state index in [0.29, 0.717) is 36.2 Å². The van der Waals surface area contributed by atoms with E-state index in [4.69, 9.17) is 0 Å². The molecule has 0 bridgehead atoms. The summed E-state index contributed by atoms with van der Waals surface area (Å²) in [7, 11) is 0. The molecule has 1 unspecified atom stereocenters. The number of rotatable bonds is 3. The second kappa shape index (κ2) is 6.87. The Balaban J connectivity index is 1.62. The highest BCUT2D eigenvalue weighted by atomic mass is 19.1. The predicted octanol–water partition coefficient (Wildman–Crippen LogP) is 4.12. The molecule has 0 fully saturated rings. The number of phenolic OH excluding ortho intramolecular Hbond substituents is 1. The number of hydrogen-bond acceptors (Lipinski definition) is 4. The number of phenols is 1. The topological polar surface area (TPSA) is 63.1 Å². The fraction of sp³-hybridized carbons (Fsp3) is 0.190. The summed E-state index contributed by atoms with van der Waals surface area (Å²) in [5, 5.41) is 9.24. The highest BCUT2D eigenvalue weighted by molar-refractivity contribution is 6.00. The molecule has 1 aromatic carbocycles. The Morgan fingerprint density at radius 2 is 1.93 bits per heavy atom. The standard InChI is InChI=1S/C21H16F2N2O2/c22-16-9-14(10-17(23)21(16)27)18-6-4-15-19(25-18)5-3-13(20(15)26)8-12-2-1-7-24-11-12/h1-2,4,6-7,9-11,13,27H,3,5,8H2. The Kier molecular flexibility index (Phi) is 4.39. The third-order valence-electron chi connectivity index (χ3n) is 4.86. The molecule has 3 aromatic rings. The van der Waals surface area contributed by atoms with Crippen molar-refractivity contribution >= 4 is 5.78 Å². The van der Waals surface area contributed by atoms with E-state index in [9.17, 15) is 18.7 Å². The van der Waals surface area contributed by atoms with E-state index in [1.54, 1.807) is 24.5 Å². The summed E-state index contributed by atoms with van der Waals surface area (Å²) in [6, 6.07) is 9.10. The van der Waals surface area contributed by atoms with Crippen LogP contribution in [0.1, 0.15) is 28.0 Å². The van der Waals surface area contributed by atoms with Crippen LogP contribution in [0.4, 0.5) is 8.78 Å². The molecule has 1 aliphatic carbocycles. The van der Waals surface area contributed by atoms with Gasteiger partial charge in [-0.2, -0.15) is 0 Å². The van der Waals surface area contributed by atoms with Crippen molar-refractivity contribution in [3.05, 3.63) is 77.2 Å². The van der Waals surface area contributed by atoms with Gasteiger partial charge in [0.1, 0.15) is 0 Å². The fourth-order valence-electron chi connectivity index (χ4n) is 3.45. The van der Waals surface area contributed by atoms with Crippen LogP contribution >= 0.6 is 0 Å². The minimum atomic E-state index is -1.04. The van der Waals surface area contributed by atoms with Crippen molar-refractivity contribution < 1.29 is 18.7 Å². The molecule has 2 heterocycles. The van der Waals surface area contributed by atoms with Crippen LogP contribution in [-0.2, 0) is 12.8 Å². The molecule has 0 saturated carbocycles. The lowest BCUT2D eigenvalue weighted by molar-refractivity contribution is 0.0900. The molecule has 136 valence electrons. The molecule has 1 N–H and O–H groups in total. The van der Waals surface area contributed by atoms with Crippen LogP contribution < -0.4 is 0 Å². The maximum absolute atomic E-state index is 13.6. The second-order valence-corrected chi connectivity index (χ2v) is 6.64. The van der Waals surface area contributed by atoms with Crippen molar-refractivity contribution in [1.82, 2.24) is 9.97 Å². The summed E-state index contributed by atoms with van der Waals surface area (Å²) in [5.74, 6) is -3.19. The van der Waals surface area contributed by atoms with Crippen molar-refractivity contribution in [1.29, 1.82) is 0 Å². The number of Topliss-reactive ketones (excluding diaryl/α,β-unsaturated/α-hetero) is 1. The zero-order chi connectivity index (χ0) is 19.0. The van der Waals surface area contributed by atoms with Crippen LogP contribution in [-0.4, -0.2) is 20.9 Å². The third-order valence-corrected chi connectivity index (χ3v) is 4.86. The molecule has 2 aromatic heterocycles. The number of carbonyl (C=O) groups excluding carboxylic acids is 1. The Bertz CT molecular complexity index is 999. The van der Waals surface area contributed by atoms with E-state index in [2.05, 4.69) is 9.97 Å². The lowest BCUT2D eigenvalue weighted by atomic mass is 9.81. The summed E-state index contributed by atoms with van der Waals surface area (Å²) < 4.78 is 27.2. The first-order valence-electron chi connectivity index (χ1n) is 8.64. The molecule has 0 radical (unpaired) electrons. The van der Waals surface area contributed by atoms with E-state index >= 15 is 0 Å². The quantitative estimate of drug-likeness (QED) is 0.758. The van der Waals surface area contributed by atoms with Gasteiger partial charge < -0.3 is 5.11 Å². The second-order valence-electron chi connectivity index (χ2n) is 6.64. The van der Waals surface area contributed by atoms with Crippen molar-refractivity contribution in [2.24, 2.45) is 5.92 Å². The van der Waals surface area contributed by atoms with Crippen molar-refractivity contribution in [2.45, 2.75) is 19.3 Å². The van der Waals surface area contributed by atoms with E-state index in [1.807, 2.05) is 12.1 Å². The number of fused-ring (bicyclic) bond motifs is 1. The molecular formula is C21H16F2N2O2. The van der Waals surface area contributed by atoms with E-state index in [1.165, 1.54) is 0 Å². The van der Waals surface area contributed by atoms with Crippen LogP contribution in [0, 0.1) is 17.6 Å². The van der Waals surface area contributed by atoms with Gasteiger partial charge in [0.2, 0.25) is 0 Å². The van der Waals surface area contributed by atoms with Crippen molar-refractivity contribution in [2.75, 3.05) is 0 Å². The van der Waals surface area contributed by atoms with Gasteiger partial charge in [-0.05, 0) is 55.2 Å². The Hall–Kier alpha value is -3.15. The summed E-state index contributed by atoms with van der Waals surface area (Å²) in [5.41, 5.74) is 2.78. The van der Waals surface area contributed by atoms with Gasteiger partial charge in [-0.1, -0.05) is 6.07 Å². The molecule has 4 rings (SSSR count). The predicted molar refractivity (Wildman–Crippen MR) is 95.3 cm³/mol. The molecule has 4 nitrogen and oxygen atoms in total. The zero-order valence-corrected chi connectivity index (χ0v) is 14.3. The first-order chi connectivity index (χ1) is 13.0. The van der Waals surface area contributed by atoms with Gasteiger partial charge in [-0.25, -0.2) is 8.78 Å². The van der Waals surface area contributed by atoms with E-state index in [-0.39, 0.29) is 17.3 Å². The van der Waals surface area contributed by atoms with Gasteiger partial charge in [-0.15, -0.1) is 0 Å². The van der Waals surface area contributed by atoms with E-state index < -0.39 is 17.4 Å². The van der Waals surface area contributed by atoms with Crippen LogP contribution in [0.25, 0.3) is 11.3 Å². The van der Waals surface area contributed by atoms with Gasteiger partial charge in [0.25, 0.3) is 0 Å². The molecule has 0 amide bonds. The maximum atomic E-state index is 13.6. The highest BCUT2D eigenvalue weighted by Crippen LogP contribution is 2.31. The first kappa shape index (κ1) is 17.3. The molecule has 0 aliphatic heterocycles. The average Bonchev–Trinajstić information content (AvgIpc) is 2.68. The zero-order valence-electron chi connectivity index (χ0n) is 14.3. The van der Waals surface area contributed by atoms with Gasteiger partial charge in [-0.3, -0.25) is 14.8 Å². The molecule has 27 heavy (non-hydrogen) atoms. The normalized spacial score (nSPS) is 16.2. The lowest BCUT2D eigenvalue weighted by Crippen LogP contribution is -2.25. The Labute approximate surface area is 154 Å². The number of halogens is 2. The Morgan fingerprint density at radius 1 is 1.15 bits per heavy atom. The number of aromatic nitrogens is 2. The molecule has 1 atom stereocenters. The van der Waals surface area contributed by atoms with Gasteiger partial charge in [0, 0.05) is 29.4 Å². The SMILES string of the molecule is O=C1c2ccc(-c3cc(F)c(O)c(F)c3)nc2CCC1Cc1cccnc1. The number of pyridine rings is 2. The lowest BCUT2D eigenvalue weighted by Gasteiger charge is -2.23. The van der Waals surface area contributed by atoms with Crippen molar-refractivity contribution in [3.8, 4) is 17.0 Å². The number of ketones is 1. The maximum Gasteiger partial charge on any atom is 0.187 e. The molecule has 0 saturated heterocycles. The summed E-state index contributed by atoms with van der Waals surface area (Å²) >= 11 is 0. The molecular weight excluding hydrogens is 350 g/mol. The largest absolute Gasteiger partial charge is 0.503 e. The molecule has 0 spiro atoms. The summed E-state index contributed by atoms with van der Waals surface area (Å²) in [4.78, 5) is 21.3. The summed E-state index contributed by atoms with van der Waals surface area (Å²) in [6.45, 7) is 0. The highest BCUT2D eigenvalue weighted by Gasteiger charge is 2.28. The molecule has 6 heteroatoms. The smallest absolute Gasteiger partial charge is 0.187 e. The minimum Gasteiger partial charge on any atom is -0.503 e. The monoisotopic (exact) mass is 366 g/mol. The number of carbonyl (C=O) groups is 1. The number of nitrogens with zero attached hydrogens (tertiary/aromatic N) is 2. The number of hydrogen-bond donors (Lipinski definition) is 1. The van der Waals surface area contributed by atoms with Crippen LogP contribution in [0.5, 0.6) is 5.75 Å². The number of benzene rings is 1. The van der Waals surface area contributed by atoms with Gasteiger partial charge >= 0.3 is 0 Å². The van der Waals surface area contributed by atoms with E-state index in [0.717, 1.165) is 17.7 Å². The number of aryl methyl sites for hydroxylation is 1. The summed E-state index contributed by atoms with van der Waals surface area (Å²) in [6.07, 6.45) is 5.36. The van der Waals surface area contributed by atoms with Gasteiger partial charge in [0.15, 0.2) is 23.2 Å². The molecule has 1 aliphatic rings. The van der Waals surface area contributed by atoms with Gasteiger partial charge in [0.05, 0.1) is 11.4 Å². The first-order valence-corrected chi connectivity index (χ1v) is 8.64. The third kappa shape index (κ3) is 3.30. The van der Waals surface area contributed by atoms with Crippen LogP contribution in [0.15, 0.2) is 48.8 Å². The van der Waals surface area contributed by atoms with Crippen LogP contribution in [0.2, 0.25) is 0 Å². The van der Waals surface area contributed by atoms with Crippen molar-refractivity contribution in [3.63, 3.8) is 0 Å². The van der Waals surface area contributed by atoms with Crippen LogP contribution in [0.3, 0.4) is 0 Å². The minimum absolute atomic E-state index is 0.0298.